The predicted octanol–water partition coefficient (Wildman–Crippen LogP) is 5.96. The van der Waals surface area contributed by atoms with Gasteiger partial charge >= 0.3 is 12.1 Å². The summed E-state index contributed by atoms with van der Waals surface area (Å²) in [5, 5.41) is 12.4. The van der Waals surface area contributed by atoms with Crippen molar-refractivity contribution in [3.63, 3.8) is 0 Å². The van der Waals surface area contributed by atoms with Crippen molar-refractivity contribution in [3.8, 4) is 0 Å². The number of benzene rings is 2. The Hall–Kier alpha value is -4.66. The number of hydrogen-bond donors (Lipinski definition) is 2. The van der Waals surface area contributed by atoms with Crippen molar-refractivity contribution < 1.29 is 50.2 Å². The van der Waals surface area contributed by atoms with Gasteiger partial charge in [-0.1, -0.05) is 18.2 Å². The fourth-order valence-electron chi connectivity index (χ4n) is 5.98. The molecule has 0 radical (unpaired) electrons. The Balaban J connectivity index is 1.44. The number of amides is 1. The van der Waals surface area contributed by atoms with Crippen molar-refractivity contribution in [3.05, 3.63) is 88.3 Å². The lowest BCUT2D eigenvalue weighted by atomic mass is 9.90. The maximum atomic E-state index is 15.2. The van der Waals surface area contributed by atoms with Gasteiger partial charge in [-0.3, -0.25) is 9.78 Å². The molecule has 0 saturated carbocycles. The maximum Gasteiger partial charge on any atom is 0.416 e. The monoisotopic (exact) mass is 680 g/mol. The Morgan fingerprint density at radius 2 is 1.85 bits per heavy atom. The molecule has 2 N–H and O–H groups in total. The smallest absolute Gasteiger partial charge is 0.416 e. The third-order valence-electron chi connectivity index (χ3n) is 8.46. The van der Waals surface area contributed by atoms with Crippen LogP contribution in [0.2, 0.25) is 0 Å². The largest absolute Gasteiger partial charge is 0.480 e. The van der Waals surface area contributed by atoms with Gasteiger partial charge < -0.3 is 25.0 Å². The van der Waals surface area contributed by atoms with Crippen molar-refractivity contribution in [2.45, 2.75) is 44.5 Å². The van der Waals surface area contributed by atoms with Gasteiger partial charge in [0.2, 0.25) is 6.43 Å². The lowest BCUT2D eigenvalue weighted by Gasteiger charge is -2.37. The number of allylic oxidation sites excluding steroid dienone is 3. The number of ether oxygens (including phenoxy) is 1. The zero-order chi connectivity index (χ0) is 34.9. The van der Waals surface area contributed by atoms with E-state index in [0.29, 0.717) is 16.6 Å². The first-order valence-electron chi connectivity index (χ1n) is 14.9. The number of rotatable bonds is 9. The van der Waals surface area contributed by atoms with Crippen molar-refractivity contribution in [2.24, 2.45) is 0 Å². The summed E-state index contributed by atoms with van der Waals surface area (Å²) in [5.41, 5.74) is -0.932. The Bertz CT molecular complexity index is 1770. The van der Waals surface area contributed by atoms with Crippen LogP contribution in [0.25, 0.3) is 16.5 Å². The Labute approximate surface area is 270 Å². The summed E-state index contributed by atoms with van der Waals surface area (Å²) in [7, 11) is 1.65. The highest BCUT2D eigenvalue weighted by molar-refractivity contribution is 5.98. The number of carboxylic acid groups (broad SMARTS) is 1. The second-order valence-corrected chi connectivity index (χ2v) is 11.6. The van der Waals surface area contributed by atoms with E-state index in [2.05, 4.69) is 10.3 Å². The van der Waals surface area contributed by atoms with Crippen molar-refractivity contribution in [2.75, 3.05) is 38.3 Å². The second-order valence-electron chi connectivity index (χ2n) is 11.6. The number of fused-ring (bicyclic) bond motifs is 1. The molecule has 2 aliphatic heterocycles. The van der Waals surface area contributed by atoms with Crippen LogP contribution >= 0.6 is 0 Å². The van der Waals surface area contributed by atoms with E-state index in [1.54, 1.807) is 24.9 Å². The molecule has 1 aromatic heterocycles. The molecule has 3 heterocycles. The summed E-state index contributed by atoms with van der Waals surface area (Å²) in [6.07, 6.45) is -5.93. The van der Waals surface area contributed by atoms with Crippen molar-refractivity contribution in [1.29, 1.82) is 0 Å². The zero-order valence-electron chi connectivity index (χ0n) is 25.8. The lowest BCUT2D eigenvalue weighted by molar-refractivity contribution is -0.139. The van der Waals surface area contributed by atoms with E-state index in [-0.39, 0.29) is 48.6 Å². The topological polar surface area (TPSA) is 95.0 Å². The highest BCUT2D eigenvalue weighted by Crippen LogP contribution is 2.40. The van der Waals surface area contributed by atoms with Gasteiger partial charge in [0, 0.05) is 61.5 Å². The Kier molecular flexibility index (Phi) is 9.99. The number of likely N-dealkylation sites (N-methyl/N-ethyl adjacent to an activating group) is 1. The van der Waals surface area contributed by atoms with Crippen LogP contribution in [0, 0.1) is 11.6 Å². The number of anilines is 1. The van der Waals surface area contributed by atoms with Gasteiger partial charge in [0.15, 0.2) is 0 Å². The summed E-state index contributed by atoms with van der Waals surface area (Å²) in [4.78, 5) is 32.6. The van der Waals surface area contributed by atoms with E-state index in [1.165, 1.54) is 29.3 Å². The van der Waals surface area contributed by atoms with Gasteiger partial charge in [0.1, 0.15) is 23.2 Å². The first kappa shape index (κ1) is 34.7. The van der Waals surface area contributed by atoms with Gasteiger partial charge in [-0.05, 0) is 42.3 Å². The highest BCUT2D eigenvalue weighted by atomic mass is 19.4. The molecule has 2 atom stereocenters. The van der Waals surface area contributed by atoms with Gasteiger partial charge in [-0.15, -0.1) is 0 Å². The minimum absolute atomic E-state index is 0.0269. The molecule has 5 rings (SSSR count). The van der Waals surface area contributed by atoms with Crippen LogP contribution in [-0.2, 0) is 16.0 Å². The van der Waals surface area contributed by atoms with E-state index in [9.17, 15) is 36.6 Å². The zero-order valence-corrected chi connectivity index (χ0v) is 25.8. The van der Waals surface area contributed by atoms with Gasteiger partial charge in [0.25, 0.3) is 5.91 Å². The molecular formula is C33H31F7N4O4. The molecule has 1 amide bonds. The van der Waals surface area contributed by atoms with Crippen LogP contribution in [0.5, 0.6) is 0 Å². The van der Waals surface area contributed by atoms with Crippen LogP contribution < -0.4 is 10.2 Å². The van der Waals surface area contributed by atoms with Crippen LogP contribution in [0.3, 0.4) is 0 Å². The highest BCUT2D eigenvalue weighted by Gasteiger charge is 2.38. The van der Waals surface area contributed by atoms with Gasteiger partial charge in [-0.2, -0.15) is 13.2 Å². The van der Waals surface area contributed by atoms with E-state index in [4.69, 9.17) is 4.74 Å². The normalized spacial score (nSPS) is 18.0. The van der Waals surface area contributed by atoms with Crippen LogP contribution in [0.1, 0.15) is 34.8 Å². The van der Waals surface area contributed by atoms with Crippen molar-refractivity contribution in [1.82, 2.24) is 15.2 Å². The number of nitrogens with zero attached hydrogens (tertiary/aromatic N) is 3. The van der Waals surface area contributed by atoms with Crippen molar-refractivity contribution >= 4 is 34.0 Å². The fraction of sp³-hybridized carbons (Fsp3) is 0.364. The number of hydrogen-bond acceptors (Lipinski definition) is 6. The number of carbonyl (C=O) groups is 2. The quantitative estimate of drug-likeness (QED) is 0.270. The molecule has 0 bridgehead atoms. The molecule has 1 saturated heterocycles. The first-order valence-corrected chi connectivity index (χ1v) is 14.9. The van der Waals surface area contributed by atoms with E-state index >= 15 is 8.78 Å². The average Bonchev–Trinajstić information content (AvgIpc) is 3.01. The number of pyridine rings is 1. The fourth-order valence-corrected chi connectivity index (χ4v) is 5.98. The summed E-state index contributed by atoms with van der Waals surface area (Å²) in [6, 6.07) is 4.97. The molecule has 3 aromatic rings. The van der Waals surface area contributed by atoms with Crippen LogP contribution in [0.4, 0.5) is 36.4 Å². The molecule has 0 aliphatic carbocycles. The minimum Gasteiger partial charge on any atom is -0.480 e. The third-order valence-corrected chi connectivity index (χ3v) is 8.46. The summed E-state index contributed by atoms with van der Waals surface area (Å²) in [5.74, 6) is -5.57. The second kappa shape index (κ2) is 13.8. The first-order chi connectivity index (χ1) is 22.6. The Morgan fingerprint density at radius 3 is 2.50 bits per heavy atom. The molecule has 8 nitrogen and oxygen atoms in total. The van der Waals surface area contributed by atoms with E-state index in [0.717, 1.165) is 18.2 Å². The Morgan fingerprint density at radius 1 is 1.15 bits per heavy atom. The van der Waals surface area contributed by atoms with Crippen LogP contribution in [0.15, 0.2) is 59.9 Å². The predicted molar refractivity (Wildman–Crippen MR) is 163 cm³/mol. The molecule has 2 aliphatic rings. The molecular weight excluding hydrogens is 649 g/mol. The minimum atomic E-state index is -4.66. The summed E-state index contributed by atoms with van der Waals surface area (Å²) < 4.78 is 104. The number of alkyl halides is 5. The number of carboxylic acids is 1. The average molecular weight is 681 g/mol. The lowest BCUT2D eigenvalue weighted by Crippen LogP contribution is -2.46. The number of morpholine rings is 1. The summed E-state index contributed by atoms with van der Waals surface area (Å²) >= 11 is 0. The molecule has 2 aromatic carbocycles. The van der Waals surface area contributed by atoms with Gasteiger partial charge in [0.05, 0.1) is 30.3 Å². The number of carbonyl (C=O) groups excluding carboxylic acids is 1. The molecule has 256 valence electrons. The number of aliphatic carboxylic acids is 1. The third kappa shape index (κ3) is 7.25. The maximum absolute atomic E-state index is 15.2. The molecule has 0 spiro atoms. The number of aromatic nitrogens is 1. The molecule has 1 fully saturated rings. The van der Waals surface area contributed by atoms with Gasteiger partial charge in [-0.25, -0.2) is 22.4 Å². The number of halogens is 7. The molecule has 48 heavy (non-hydrogen) atoms. The number of nitrogens with one attached hydrogen (secondary N) is 1. The SMILES string of the molecule is CC1=CC(C(F)(F)F)=C(c2ccc(C[C@H](NC(=O)c3c(F)cc(N4CCOC[C@H]4CC(F)F)cc3F)C(=O)O)c3cccnc23)CN1C. The van der Waals surface area contributed by atoms with Crippen LogP contribution in [-0.4, -0.2) is 84.9 Å². The van der Waals surface area contributed by atoms with E-state index < -0.39 is 72.2 Å². The molecule has 0 unspecified atom stereocenters. The molecule has 15 heteroatoms. The standard InChI is InChI=1S/C33H31F7N4O4/c1-17-10-24(33(38,39)40)23(15-43(17)2)22-6-5-18(21-4-3-7-41-30(21)22)11-27(32(46)47)42-31(45)29-25(34)12-19(13-26(29)35)44-8-9-48-16-20(44)14-28(36)37/h3-7,10,12-13,20,27-28H,8-9,11,14-16H2,1-2H3,(H,42,45)(H,46,47)/t20-,27+/m1/s1. The summed E-state index contributed by atoms with van der Waals surface area (Å²) in [6.45, 7) is 1.61. The van der Waals surface area contributed by atoms with E-state index in [1.807, 2.05) is 0 Å².